The molecule has 2 heterocycles. The van der Waals surface area contributed by atoms with E-state index >= 15 is 0 Å². The summed E-state index contributed by atoms with van der Waals surface area (Å²) < 4.78 is 0. The first-order valence-corrected chi connectivity index (χ1v) is 4.91. The molecular weight excluding hydrogens is 172 g/mol. The largest absolute Gasteiger partial charge is 0.344 e. The van der Waals surface area contributed by atoms with Crippen molar-refractivity contribution >= 4 is 5.82 Å². The fourth-order valence-electron chi connectivity index (χ4n) is 1.91. The predicted molar refractivity (Wildman–Crippen MR) is 59.4 cm³/mol. The monoisotopic (exact) mass is 188 g/mol. The Morgan fingerprint density at radius 3 is 2.79 bits per heavy atom. The summed E-state index contributed by atoms with van der Waals surface area (Å²) in [6, 6.07) is 2.11. The summed E-state index contributed by atoms with van der Waals surface area (Å²) in [7, 11) is 0. The fourth-order valence-corrected chi connectivity index (χ4v) is 1.91. The Bertz CT molecular complexity index is 386. The molecule has 2 nitrogen and oxygen atoms in total. The Balaban J connectivity index is 2.55. The number of hydrogen-bond donors (Lipinski definition) is 1. The minimum atomic E-state index is 0.180. The van der Waals surface area contributed by atoms with Crippen LogP contribution in [0.1, 0.15) is 31.9 Å². The van der Waals surface area contributed by atoms with Gasteiger partial charge < -0.3 is 5.32 Å². The molecule has 74 valence electrons. The third-order valence-electron chi connectivity index (χ3n) is 2.55. The van der Waals surface area contributed by atoms with Crippen LogP contribution in [0, 0.1) is 0 Å². The van der Waals surface area contributed by atoms with Gasteiger partial charge in [-0.2, -0.15) is 0 Å². The van der Waals surface area contributed by atoms with Crippen molar-refractivity contribution in [2.24, 2.45) is 0 Å². The Morgan fingerprint density at radius 2 is 2.14 bits per heavy atom. The van der Waals surface area contributed by atoms with E-state index < -0.39 is 0 Å². The molecule has 1 aliphatic heterocycles. The van der Waals surface area contributed by atoms with Crippen LogP contribution in [-0.4, -0.2) is 4.98 Å². The molecule has 0 atom stereocenters. The first-order valence-electron chi connectivity index (χ1n) is 4.91. The lowest BCUT2D eigenvalue weighted by molar-refractivity contribution is 0.584. The molecule has 0 amide bonds. The van der Waals surface area contributed by atoms with E-state index in [1.807, 2.05) is 6.20 Å². The van der Waals surface area contributed by atoms with Gasteiger partial charge in [0, 0.05) is 23.9 Å². The van der Waals surface area contributed by atoms with Crippen molar-refractivity contribution in [2.75, 3.05) is 5.32 Å². The molecule has 0 aromatic carbocycles. The Morgan fingerprint density at radius 1 is 1.43 bits per heavy atom. The Labute approximate surface area is 85.1 Å². The summed E-state index contributed by atoms with van der Waals surface area (Å²) in [4.78, 5) is 4.31. The molecule has 0 saturated heterocycles. The fraction of sp³-hybridized carbons (Fsp3) is 0.417. The van der Waals surface area contributed by atoms with Crippen molar-refractivity contribution in [1.29, 1.82) is 0 Å². The Kier molecular flexibility index (Phi) is 1.88. The van der Waals surface area contributed by atoms with E-state index in [0.717, 1.165) is 17.9 Å². The highest BCUT2D eigenvalue weighted by atomic mass is 15.0. The second-order valence-electron chi connectivity index (χ2n) is 4.84. The third-order valence-corrected chi connectivity index (χ3v) is 2.55. The van der Waals surface area contributed by atoms with E-state index in [0.29, 0.717) is 0 Å². The molecule has 1 aromatic heterocycles. The number of nitrogens with one attached hydrogen (secondary N) is 1. The highest BCUT2D eigenvalue weighted by Crippen LogP contribution is 2.34. The number of hydrogen-bond acceptors (Lipinski definition) is 2. The third kappa shape index (κ3) is 1.41. The zero-order valence-corrected chi connectivity index (χ0v) is 9.02. The number of fused-ring (bicyclic) bond motifs is 1. The van der Waals surface area contributed by atoms with Gasteiger partial charge in [-0.15, -0.1) is 0 Å². The number of rotatable bonds is 0. The molecule has 14 heavy (non-hydrogen) atoms. The average Bonchev–Trinajstić information content (AvgIpc) is 2.41. The van der Waals surface area contributed by atoms with Crippen molar-refractivity contribution < 1.29 is 0 Å². The number of aromatic nitrogens is 1. The summed E-state index contributed by atoms with van der Waals surface area (Å²) >= 11 is 0. The van der Waals surface area contributed by atoms with Crippen LogP contribution in [0.15, 0.2) is 24.5 Å². The van der Waals surface area contributed by atoms with Gasteiger partial charge in [0.05, 0.1) is 0 Å². The molecule has 0 spiro atoms. The van der Waals surface area contributed by atoms with Crippen LogP contribution >= 0.6 is 0 Å². The van der Waals surface area contributed by atoms with E-state index in [2.05, 4.69) is 43.7 Å². The molecule has 2 heteroatoms. The van der Waals surface area contributed by atoms with Crippen LogP contribution in [0.2, 0.25) is 0 Å². The van der Waals surface area contributed by atoms with Gasteiger partial charge in [0.25, 0.3) is 0 Å². The van der Waals surface area contributed by atoms with Gasteiger partial charge in [0.15, 0.2) is 0 Å². The standard InChI is InChI=1S/C12H16N2/c1-8-7-9-10(12(2,3)4)5-6-13-11(9)14-8/h5-6H,1,7H2,2-4H3,(H,13,14). The minimum absolute atomic E-state index is 0.180. The van der Waals surface area contributed by atoms with Crippen LogP contribution < -0.4 is 5.32 Å². The lowest BCUT2D eigenvalue weighted by Crippen LogP contribution is -2.13. The molecule has 2 rings (SSSR count). The van der Waals surface area contributed by atoms with Gasteiger partial charge in [-0.3, -0.25) is 0 Å². The number of anilines is 1. The summed E-state index contributed by atoms with van der Waals surface area (Å²) in [6.45, 7) is 10.6. The zero-order valence-electron chi connectivity index (χ0n) is 9.02. The normalized spacial score (nSPS) is 15.2. The smallest absolute Gasteiger partial charge is 0.133 e. The van der Waals surface area contributed by atoms with Gasteiger partial charge in [0.2, 0.25) is 0 Å². The second kappa shape index (κ2) is 2.84. The first kappa shape index (κ1) is 9.25. The summed E-state index contributed by atoms with van der Waals surface area (Å²) in [5.74, 6) is 0.988. The molecule has 0 radical (unpaired) electrons. The van der Waals surface area contributed by atoms with E-state index in [1.54, 1.807) is 0 Å². The molecule has 0 fully saturated rings. The van der Waals surface area contributed by atoms with Crippen molar-refractivity contribution in [3.05, 3.63) is 35.7 Å². The van der Waals surface area contributed by atoms with Crippen molar-refractivity contribution in [2.45, 2.75) is 32.6 Å². The summed E-state index contributed by atoms with van der Waals surface area (Å²) in [6.07, 6.45) is 2.78. The van der Waals surface area contributed by atoms with E-state index in [4.69, 9.17) is 0 Å². The van der Waals surface area contributed by atoms with Crippen molar-refractivity contribution in [3.63, 3.8) is 0 Å². The van der Waals surface area contributed by atoms with Crippen molar-refractivity contribution in [1.82, 2.24) is 4.98 Å². The molecule has 0 bridgehead atoms. The van der Waals surface area contributed by atoms with Gasteiger partial charge in [-0.1, -0.05) is 27.4 Å². The second-order valence-corrected chi connectivity index (χ2v) is 4.84. The van der Waals surface area contributed by atoms with Crippen LogP contribution in [-0.2, 0) is 11.8 Å². The topological polar surface area (TPSA) is 24.9 Å². The molecule has 0 saturated carbocycles. The van der Waals surface area contributed by atoms with Crippen LogP contribution in [0.4, 0.5) is 5.82 Å². The summed E-state index contributed by atoms with van der Waals surface area (Å²) in [5, 5.41) is 3.20. The van der Waals surface area contributed by atoms with E-state index in [-0.39, 0.29) is 5.41 Å². The maximum atomic E-state index is 4.31. The van der Waals surface area contributed by atoms with Crippen LogP contribution in [0.25, 0.3) is 0 Å². The Hall–Kier alpha value is -1.31. The van der Waals surface area contributed by atoms with Gasteiger partial charge in [-0.25, -0.2) is 4.98 Å². The van der Waals surface area contributed by atoms with Gasteiger partial charge >= 0.3 is 0 Å². The first-order chi connectivity index (χ1) is 6.48. The highest BCUT2D eigenvalue weighted by Gasteiger charge is 2.24. The van der Waals surface area contributed by atoms with Crippen LogP contribution in [0.5, 0.6) is 0 Å². The molecule has 0 aliphatic carbocycles. The number of nitrogens with zero attached hydrogens (tertiary/aromatic N) is 1. The summed E-state index contributed by atoms with van der Waals surface area (Å²) in [5.41, 5.74) is 3.90. The number of allylic oxidation sites excluding steroid dienone is 1. The maximum Gasteiger partial charge on any atom is 0.133 e. The van der Waals surface area contributed by atoms with Gasteiger partial charge in [-0.05, 0) is 17.0 Å². The zero-order chi connectivity index (χ0) is 10.3. The quantitative estimate of drug-likeness (QED) is 0.677. The lowest BCUT2D eigenvalue weighted by Gasteiger charge is -2.21. The molecule has 1 N–H and O–H groups in total. The van der Waals surface area contributed by atoms with E-state index in [9.17, 15) is 0 Å². The van der Waals surface area contributed by atoms with Gasteiger partial charge in [0.1, 0.15) is 5.82 Å². The average molecular weight is 188 g/mol. The number of pyridine rings is 1. The SMILES string of the molecule is C=C1Cc2c(C(C)(C)C)ccnc2N1. The highest BCUT2D eigenvalue weighted by molar-refractivity contribution is 5.60. The lowest BCUT2D eigenvalue weighted by atomic mass is 9.84. The molecular formula is C12H16N2. The maximum absolute atomic E-state index is 4.31. The van der Waals surface area contributed by atoms with E-state index in [1.165, 1.54) is 11.1 Å². The predicted octanol–water partition coefficient (Wildman–Crippen LogP) is 2.86. The minimum Gasteiger partial charge on any atom is -0.344 e. The molecule has 1 aromatic rings. The van der Waals surface area contributed by atoms with Crippen LogP contribution in [0.3, 0.4) is 0 Å². The molecule has 1 aliphatic rings. The van der Waals surface area contributed by atoms with Crippen molar-refractivity contribution in [3.8, 4) is 0 Å². The molecule has 0 unspecified atom stereocenters.